The highest BCUT2D eigenvalue weighted by molar-refractivity contribution is 5.87. The van der Waals surface area contributed by atoms with Crippen molar-refractivity contribution in [2.24, 2.45) is 0 Å². The van der Waals surface area contributed by atoms with Crippen LogP contribution in [0.4, 0.5) is 0 Å². The number of piperazine rings is 1. The predicted molar refractivity (Wildman–Crippen MR) is 67.9 cm³/mol. The molecular formula is C13H26N2O2. The molecule has 1 aliphatic heterocycles. The van der Waals surface area contributed by atoms with E-state index in [1.54, 1.807) is 0 Å². The quantitative estimate of drug-likeness (QED) is 0.767. The normalized spacial score (nSPS) is 30.8. The fraction of sp³-hybridized carbons (Fsp3) is 0.923. The third-order valence-electron chi connectivity index (χ3n) is 3.79. The third-order valence-corrected chi connectivity index (χ3v) is 3.79. The van der Waals surface area contributed by atoms with E-state index < -0.39 is 11.1 Å². The molecule has 0 aromatic rings. The molecule has 100 valence electrons. The first kappa shape index (κ1) is 14.5. The van der Waals surface area contributed by atoms with Crippen LogP contribution in [0.15, 0.2) is 0 Å². The first-order chi connectivity index (χ1) is 7.47. The number of rotatable bonds is 1. The molecule has 4 nitrogen and oxygen atoms in total. The van der Waals surface area contributed by atoms with E-state index in [4.69, 9.17) is 0 Å². The summed E-state index contributed by atoms with van der Waals surface area (Å²) in [7, 11) is 0. The first-order valence-electron chi connectivity index (χ1n) is 6.28. The lowest BCUT2D eigenvalue weighted by molar-refractivity contribution is -0.257. The lowest BCUT2D eigenvalue weighted by Crippen LogP contribution is -2.73. The molecule has 0 aliphatic carbocycles. The van der Waals surface area contributed by atoms with Crippen molar-refractivity contribution < 1.29 is 10.0 Å². The molecular weight excluding hydrogens is 216 g/mol. The second kappa shape index (κ2) is 3.95. The average molecular weight is 242 g/mol. The van der Waals surface area contributed by atoms with Gasteiger partial charge in [0.25, 0.3) is 0 Å². The van der Waals surface area contributed by atoms with Crippen LogP contribution in [0.1, 0.15) is 54.9 Å². The molecule has 1 rings (SSSR count). The zero-order valence-electron chi connectivity index (χ0n) is 12.2. The summed E-state index contributed by atoms with van der Waals surface area (Å²) in [6.07, 6.45) is 0.596. The van der Waals surface area contributed by atoms with Crippen LogP contribution < -0.4 is 0 Å². The maximum Gasteiger partial charge on any atom is 0.245 e. The number of hydrogen-bond acceptors (Lipinski definition) is 3. The van der Waals surface area contributed by atoms with Crippen LogP contribution in [0.2, 0.25) is 0 Å². The zero-order chi connectivity index (χ0) is 13.6. The zero-order valence-corrected chi connectivity index (χ0v) is 12.2. The Kier molecular flexibility index (Phi) is 3.36. The molecule has 1 heterocycles. The molecule has 17 heavy (non-hydrogen) atoms. The van der Waals surface area contributed by atoms with Gasteiger partial charge in [-0.3, -0.25) is 4.79 Å². The topological polar surface area (TPSA) is 43.8 Å². The van der Waals surface area contributed by atoms with E-state index in [1.807, 2.05) is 53.4 Å². The lowest BCUT2D eigenvalue weighted by atomic mass is 9.84. The molecule has 0 saturated carbocycles. The molecule has 1 aliphatic rings. The maximum atomic E-state index is 12.5. The van der Waals surface area contributed by atoms with Crippen molar-refractivity contribution >= 4 is 5.91 Å². The van der Waals surface area contributed by atoms with E-state index in [-0.39, 0.29) is 11.4 Å². The van der Waals surface area contributed by atoms with Gasteiger partial charge in [-0.25, -0.2) is 0 Å². The number of carbonyl (C=O) groups is 1. The monoisotopic (exact) mass is 242 g/mol. The Morgan fingerprint density at radius 3 is 2.12 bits per heavy atom. The summed E-state index contributed by atoms with van der Waals surface area (Å²) in [5.41, 5.74) is -1.47. The van der Waals surface area contributed by atoms with Crippen LogP contribution in [0.25, 0.3) is 0 Å². The van der Waals surface area contributed by atoms with E-state index in [2.05, 4.69) is 0 Å². The van der Waals surface area contributed by atoms with Gasteiger partial charge in [-0.15, -0.1) is 0 Å². The molecule has 1 saturated heterocycles. The minimum atomic E-state index is -0.824. The van der Waals surface area contributed by atoms with Crippen LogP contribution in [0, 0.1) is 0 Å². The van der Waals surface area contributed by atoms with Crippen molar-refractivity contribution in [2.45, 2.75) is 71.5 Å². The lowest BCUT2D eigenvalue weighted by Gasteiger charge is -2.56. The van der Waals surface area contributed by atoms with Crippen LogP contribution in [-0.2, 0) is 4.79 Å². The molecule has 1 N–H and O–H groups in total. The summed E-state index contributed by atoms with van der Waals surface area (Å²) in [5.74, 6) is 0.00863. The third kappa shape index (κ3) is 2.20. The smallest absolute Gasteiger partial charge is 0.245 e. The van der Waals surface area contributed by atoms with Crippen molar-refractivity contribution in [1.29, 1.82) is 0 Å². The molecule has 0 bridgehead atoms. The molecule has 1 unspecified atom stereocenters. The standard InChI is InChI=1S/C13H26N2O2/c1-8-13(7)10(16)14(11(2,3)4)9-12(5,6)15(13)17/h17H,8-9H2,1-7H3. The predicted octanol–water partition coefficient (Wildman–Crippen LogP) is 2.27. The second-order valence-corrected chi connectivity index (χ2v) is 6.81. The van der Waals surface area contributed by atoms with Crippen molar-refractivity contribution in [3.63, 3.8) is 0 Å². The Morgan fingerprint density at radius 1 is 1.29 bits per heavy atom. The minimum absolute atomic E-state index is 0.00863. The van der Waals surface area contributed by atoms with Gasteiger partial charge in [0.15, 0.2) is 0 Å². The fourth-order valence-electron chi connectivity index (χ4n) is 2.42. The van der Waals surface area contributed by atoms with E-state index in [0.717, 1.165) is 0 Å². The van der Waals surface area contributed by atoms with Gasteiger partial charge in [0.2, 0.25) is 5.91 Å². The SMILES string of the molecule is CCC1(C)C(=O)N(C(C)(C)C)CC(C)(C)N1O. The van der Waals surface area contributed by atoms with Crippen molar-refractivity contribution in [3.05, 3.63) is 0 Å². The molecule has 4 heteroatoms. The average Bonchev–Trinajstić information content (AvgIpc) is 2.19. The molecule has 1 fully saturated rings. The van der Waals surface area contributed by atoms with Crippen LogP contribution >= 0.6 is 0 Å². The van der Waals surface area contributed by atoms with E-state index in [1.165, 1.54) is 5.06 Å². The molecule has 1 amide bonds. The maximum absolute atomic E-state index is 12.5. The second-order valence-electron chi connectivity index (χ2n) is 6.81. The Bertz CT molecular complexity index is 320. The van der Waals surface area contributed by atoms with Gasteiger partial charge in [0.05, 0.1) is 5.54 Å². The largest absolute Gasteiger partial charge is 0.334 e. The minimum Gasteiger partial charge on any atom is -0.334 e. The molecule has 0 spiro atoms. The van der Waals surface area contributed by atoms with Crippen LogP contribution in [-0.4, -0.2) is 44.2 Å². The van der Waals surface area contributed by atoms with Gasteiger partial charge < -0.3 is 10.1 Å². The molecule has 1 atom stereocenters. The van der Waals surface area contributed by atoms with Gasteiger partial charge in [-0.05, 0) is 48.0 Å². The molecule has 0 aromatic heterocycles. The highest BCUT2D eigenvalue weighted by atomic mass is 16.5. The number of hydroxylamine groups is 2. The van der Waals surface area contributed by atoms with E-state index >= 15 is 0 Å². The van der Waals surface area contributed by atoms with Crippen molar-refractivity contribution in [2.75, 3.05) is 6.54 Å². The number of hydrogen-bond donors (Lipinski definition) is 1. The Balaban J connectivity index is 3.22. The van der Waals surface area contributed by atoms with Crippen molar-refractivity contribution in [3.8, 4) is 0 Å². The molecule has 0 aromatic carbocycles. The Labute approximate surface area is 105 Å². The van der Waals surface area contributed by atoms with E-state index in [9.17, 15) is 10.0 Å². The van der Waals surface area contributed by atoms with Gasteiger partial charge in [-0.1, -0.05) is 6.92 Å². The Morgan fingerprint density at radius 2 is 1.76 bits per heavy atom. The summed E-state index contributed by atoms with van der Waals surface area (Å²) in [6, 6.07) is 0. The van der Waals surface area contributed by atoms with Gasteiger partial charge in [0, 0.05) is 12.1 Å². The summed E-state index contributed by atoms with van der Waals surface area (Å²) >= 11 is 0. The first-order valence-corrected chi connectivity index (χ1v) is 6.28. The number of carbonyl (C=O) groups excluding carboxylic acids is 1. The highest BCUT2D eigenvalue weighted by Crippen LogP contribution is 2.36. The van der Waals surface area contributed by atoms with Crippen molar-refractivity contribution in [1.82, 2.24) is 9.96 Å². The summed E-state index contributed by atoms with van der Waals surface area (Å²) < 4.78 is 0. The van der Waals surface area contributed by atoms with Gasteiger partial charge >= 0.3 is 0 Å². The van der Waals surface area contributed by atoms with Crippen LogP contribution in [0.3, 0.4) is 0 Å². The number of amides is 1. The highest BCUT2D eigenvalue weighted by Gasteiger charge is 2.54. The summed E-state index contributed by atoms with van der Waals surface area (Å²) in [4.78, 5) is 14.4. The Hall–Kier alpha value is -0.610. The summed E-state index contributed by atoms with van der Waals surface area (Å²) in [6.45, 7) is 14.3. The van der Waals surface area contributed by atoms with Crippen LogP contribution in [0.5, 0.6) is 0 Å². The van der Waals surface area contributed by atoms with Gasteiger partial charge in [0.1, 0.15) is 5.54 Å². The number of nitrogens with zero attached hydrogens (tertiary/aromatic N) is 2. The van der Waals surface area contributed by atoms with Gasteiger partial charge in [-0.2, -0.15) is 5.06 Å². The van der Waals surface area contributed by atoms with E-state index in [0.29, 0.717) is 13.0 Å². The molecule has 0 radical (unpaired) electrons. The summed E-state index contributed by atoms with van der Waals surface area (Å²) in [5, 5.41) is 11.5. The fourth-order valence-corrected chi connectivity index (χ4v) is 2.42.